The number of hydrogen-bond donors (Lipinski definition) is 0. The topological polar surface area (TPSA) is 20.3 Å². The summed E-state index contributed by atoms with van der Waals surface area (Å²) < 4.78 is 0. The molecule has 2 nitrogen and oxygen atoms in total. The quantitative estimate of drug-likeness (QED) is 0.513. The van der Waals surface area contributed by atoms with E-state index in [1.807, 2.05) is 4.90 Å². The van der Waals surface area contributed by atoms with Gasteiger partial charge in [-0.15, -0.1) is 0 Å². The molecule has 2 heteroatoms. The number of nitrogens with zero attached hydrogens (tertiary/aromatic N) is 1. The molecule has 0 spiro atoms. The number of carbonyl (C=O) groups is 1. The highest BCUT2D eigenvalue weighted by Gasteiger charge is 2.42. The maximum Gasteiger partial charge on any atom is 0.245 e. The highest BCUT2D eigenvalue weighted by molar-refractivity contribution is 5.87. The fourth-order valence-corrected chi connectivity index (χ4v) is 1.91. The molecule has 2 unspecified atom stereocenters. The average Bonchev–Trinajstić information content (AvgIpc) is 2.80. The summed E-state index contributed by atoms with van der Waals surface area (Å²) in [6, 6.07) is 0. The zero-order chi connectivity index (χ0) is 7.84. The van der Waals surface area contributed by atoms with Gasteiger partial charge in [0.2, 0.25) is 5.91 Å². The largest absolute Gasteiger partial charge is 0.339 e. The van der Waals surface area contributed by atoms with Crippen LogP contribution in [0.3, 0.4) is 0 Å². The summed E-state index contributed by atoms with van der Waals surface area (Å²) >= 11 is 0. The lowest BCUT2D eigenvalue weighted by Crippen LogP contribution is -2.35. The monoisotopic (exact) mass is 151 g/mol. The molecule has 0 aromatic rings. The van der Waals surface area contributed by atoms with E-state index in [0.717, 1.165) is 24.9 Å². The summed E-state index contributed by atoms with van der Waals surface area (Å²) in [6.45, 7) is 5.42. The SMILES string of the molecule is C=CC(=O)N1CCC2CC2C1. The lowest BCUT2D eigenvalue weighted by Gasteiger charge is -2.24. The van der Waals surface area contributed by atoms with Gasteiger partial charge in [0, 0.05) is 13.1 Å². The van der Waals surface area contributed by atoms with E-state index in [0.29, 0.717) is 0 Å². The zero-order valence-electron chi connectivity index (χ0n) is 6.62. The minimum atomic E-state index is 0.107. The summed E-state index contributed by atoms with van der Waals surface area (Å²) in [5.41, 5.74) is 0. The predicted molar refractivity (Wildman–Crippen MR) is 43.0 cm³/mol. The van der Waals surface area contributed by atoms with Crippen LogP contribution in [0.15, 0.2) is 12.7 Å². The van der Waals surface area contributed by atoms with Gasteiger partial charge in [-0.25, -0.2) is 0 Å². The molecule has 0 bridgehead atoms. The molecule has 2 fully saturated rings. The second-order valence-electron chi connectivity index (χ2n) is 3.53. The van der Waals surface area contributed by atoms with Gasteiger partial charge in [0.1, 0.15) is 0 Å². The van der Waals surface area contributed by atoms with Gasteiger partial charge < -0.3 is 4.90 Å². The molecular formula is C9H13NO. The van der Waals surface area contributed by atoms with Crippen LogP contribution in [-0.4, -0.2) is 23.9 Å². The van der Waals surface area contributed by atoms with Crippen LogP contribution in [0.1, 0.15) is 12.8 Å². The standard InChI is InChI=1S/C9H13NO/c1-2-9(11)10-4-3-7-5-8(7)6-10/h2,7-8H,1,3-6H2. The third-order valence-corrected chi connectivity index (χ3v) is 2.78. The van der Waals surface area contributed by atoms with Gasteiger partial charge in [-0.2, -0.15) is 0 Å². The van der Waals surface area contributed by atoms with Crippen LogP contribution >= 0.6 is 0 Å². The Hall–Kier alpha value is -0.790. The summed E-state index contributed by atoms with van der Waals surface area (Å²) in [4.78, 5) is 13.1. The third-order valence-electron chi connectivity index (χ3n) is 2.78. The van der Waals surface area contributed by atoms with Crippen molar-refractivity contribution in [2.75, 3.05) is 13.1 Å². The van der Waals surface area contributed by atoms with Crippen LogP contribution in [0.2, 0.25) is 0 Å². The van der Waals surface area contributed by atoms with Crippen molar-refractivity contribution < 1.29 is 4.79 Å². The minimum Gasteiger partial charge on any atom is -0.339 e. The molecule has 1 amide bonds. The van der Waals surface area contributed by atoms with E-state index in [4.69, 9.17) is 0 Å². The number of amides is 1. The molecule has 11 heavy (non-hydrogen) atoms. The molecule has 0 aromatic carbocycles. The second kappa shape index (κ2) is 2.36. The predicted octanol–water partition coefficient (Wildman–Crippen LogP) is 1.04. The van der Waals surface area contributed by atoms with E-state index in [2.05, 4.69) is 6.58 Å². The normalized spacial score (nSPS) is 34.4. The second-order valence-corrected chi connectivity index (χ2v) is 3.53. The fourth-order valence-electron chi connectivity index (χ4n) is 1.91. The van der Waals surface area contributed by atoms with Crippen molar-refractivity contribution in [1.82, 2.24) is 4.90 Å². The molecule has 2 aliphatic rings. The van der Waals surface area contributed by atoms with Gasteiger partial charge in [-0.3, -0.25) is 4.79 Å². The van der Waals surface area contributed by atoms with E-state index < -0.39 is 0 Å². The minimum absolute atomic E-state index is 0.107. The van der Waals surface area contributed by atoms with Crippen LogP contribution in [0, 0.1) is 11.8 Å². The van der Waals surface area contributed by atoms with Crippen molar-refractivity contribution in [2.24, 2.45) is 11.8 Å². The Morgan fingerprint density at radius 1 is 1.55 bits per heavy atom. The third kappa shape index (κ3) is 1.17. The van der Waals surface area contributed by atoms with Gasteiger partial charge in [0.05, 0.1) is 0 Å². The Balaban J connectivity index is 1.94. The number of rotatable bonds is 1. The Morgan fingerprint density at radius 3 is 3.00 bits per heavy atom. The molecule has 0 aromatic heterocycles. The molecule has 1 aliphatic carbocycles. The average molecular weight is 151 g/mol. The number of fused-ring (bicyclic) bond motifs is 1. The van der Waals surface area contributed by atoms with E-state index in [1.165, 1.54) is 18.9 Å². The molecule has 2 rings (SSSR count). The van der Waals surface area contributed by atoms with Crippen molar-refractivity contribution >= 4 is 5.91 Å². The summed E-state index contributed by atoms with van der Waals surface area (Å²) in [5.74, 6) is 1.88. The summed E-state index contributed by atoms with van der Waals surface area (Å²) in [5, 5.41) is 0. The summed E-state index contributed by atoms with van der Waals surface area (Å²) in [6.07, 6.45) is 3.98. The van der Waals surface area contributed by atoms with Crippen LogP contribution in [0.5, 0.6) is 0 Å². The van der Waals surface area contributed by atoms with Crippen LogP contribution in [0.4, 0.5) is 0 Å². The van der Waals surface area contributed by atoms with E-state index in [1.54, 1.807) is 0 Å². The molecule has 0 N–H and O–H groups in total. The smallest absolute Gasteiger partial charge is 0.245 e. The molecule has 1 saturated carbocycles. The van der Waals surface area contributed by atoms with Crippen molar-refractivity contribution in [2.45, 2.75) is 12.8 Å². The van der Waals surface area contributed by atoms with Gasteiger partial charge in [-0.05, 0) is 30.8 Å². The maximum atomic E-state index is 11.1. The molecule has 0 radical (unpaired) electrons. The number of carbonyl (C=O) groups excluding carboxylic acids is 1. The molecule has 2 atom stereocenters. The maximum absolute atomic E-state index is 11.1. The van der Waals surface area contributed by atoms with Gasteiger partial charge in [0.15, 0.2) is 0 Å². The van der Waals surface area contributed by atoms with Gasteiger partial charge in [0.25, 0.3) is 0 Å². The van der Waals surface area contributed by atoms with E-state index in [-0.39, 0.29) is 5.91 Å². The van der Waals surface area contributed by atoms with Crippen molar-refractivity contribution in [3.05, 3.63) is 12.7 Å². The van der Waals surface area contributed by atoms with Gasteiger partial charge in [-0.1, -0.05) is 6.58 Å². The molecule has 1 aliphatic heterocycles. The molecular weight excluding hydrogens is 138 g/mol. The Bertz CT molecular complexity index is 200. The first kappa shape index (κ1) is 6.89. The Kier molecular flexibility index (Phi) is 1.48. The highest BCUT2D eigenvalue weighted by Crippen LogP contribution is 2.44. The van der Waals surface area contributed by atoms with Crippen LogP contribution in [-0.2, 0) is 4.79 Å². The first-order valence-corrected chi connectivity index (χ1v) is 4.22. The molecule has 1 heterocycles. The van der Waals surface area contributed by atoms with Crippen molar-refractivity contribution in [3.63, 3.8) is 0 Å². The lowest BCUT2D eigenvalue weighted by atomic mass is 10.1. The first-order valence-electron chi connectivity index (χ1n) is 4.22. The Labute approximate surface area is 66.9 Å². The number of hydrogen-bond acceptors (Lipinski definition) is 1. The van der Waals surface area contributed by atoms with E-state index in [9.17, 15) is 4.79 Å². The van der Waals surface area contributed by atoms with Crippen LogP contribution < -0.4 is 0 Å². The Morgan fingerprint density at radius 2 is 2.36 bits per heavy atom. The number of likely N-dealkylation sites (tertiary alicyclic amines) is 1. The lowest BCUT2D eigenvalue weighted by molar-refractivity contribution is -0.127. The summed E-state index contributed by atoms with van der Waals surface area (Å²) in [7, 11) is 0. The molecule has 1 saturated heterocycles. The number of piperidine rings is 1. The van der Waals surface area contributed by atoms with Gasteiger partial charge >= 0.3 is 0 Å². The fraction of sp³-hybridized carbons (Fsp3) is 0.667. The first-order chi connectivity index (χ1) is 5.31. The van der Waals surface area contributed by atoms with E-state index >= 15 is 0 Å². The molecule has 60 valence electrons. The zero-order valence-corrected chi connectivity index (χ0v) is 6.62. The van der Waals surface area contributed by atoms with Crippen LogP contribution in [0.25, 0.3) is 0 Å². The highest BCUT2D eigenvalue weighted by atomic mass is 16.2. The van der Waals surface area contributed by atoms with Crippen molar-refractivity contribution in [3.8, 4) is 0 Å². The van der Waals surface area contributed by atoms with Crippen molar-refractivity contribution in [1.29, 1.82) is 0 Å².